The van der Waals surface area contributed by atoms with Crippen LogP contribution < -0.4 is 15.4 Å². The molecule has 2 heterocycles. The number of aromatic amines is 2. The van der Waals surface area contributed by atoms with E-state index in [0.29, 0.717) is 34.8 Å². The third kappa shape index (κ3) is 6.97. The highest BCUT2D eigenvalue weighted by Gasteiger charge is 2.09. The summed E-state index contributed by atoms with van der Waals surface area (Å²) in [5.74, 6) is 2.28. The third-order valence-corrected chi connectivity index (χ3v) is 5.19. The Hall–Kier alpha value is -3.56. The minimum absolute atomic E-state index is 0.0771. The van der Waals surface area contributed by atoms with Crippen molar-refractivity contribution in [1.29, 1.82) is 0 Å². The van der Waals surface area contributed by atoms with Crippen molar-refractivity contribution < 1.29 is 4.74 Å². The lowest BCUT2D eigenvalue weighted by molar-refractivity contribution is 0.331. The highest BCUT2D eigenvalue weighted by Crippen LogP contribution is 2.33. The number of hydrogen-bond acceptors (Lipinski definition) is 6. The molecule has 0 fully saturated rings. The Bertz CT molecular complexity index is 1210. The second kappa shape index (κ2) is 12.1. The maximum atomic E-state index is 6.54. The van der Waals surface area contributed by atoms with Crippen molar-refractivity contribution >= 4 is 47.0 Å². The second-order valence-electron chi connectivity index (χ2n) is 7.86. The van der Waals surface area contributed by atoms with E-state index in [-0.39, 0.29) is 6.73 Å². The molecular weight excluding hydrogens is 452 g/mol. The molecule has 0 atom stereocenters. The molecule has 2 aromatic heterocycles. The number of likely N-dealkylation sites (N-methyl/N-ethyl adjacent to an activating group) is 1. The normalized spacial score (nSPS) is 12.6. The van der Waals surface area contributed by atoms with Crippen LogP contribution in [0.2, 0.25) is 5.02 Å². The summed E-state index contributed by atoms with van der Waals surface area (Å²) >= 11 is 6.54. The number of rotatable bonds is 11. The fourth-order valence-corrected chi connectivity index (χ4v) is 3.45. The molecule has 1 aromatic carbocycles. The van der Waals surface area contributed by atoms with E-state index in [9.17, 15) is 0 Å². The topological polar surface area (TPSA) is 106 Å². The molecule has 0 aliphatic carbocycles. The summed E-state index contributed by atoms with van der Waals surface area (Å²) in [6, 6.07) is 7.65. The number of fused-ring (bicyclic) bond motifs is 1. The van der Waals surface area contributed by atoms with Crippen LogP contribution in [0.4, 0.5) is 5.82 Å². The minimum atomic E-state index is 0.0771. The Balaban J connectivity index is 1.75. The van der Waals surface area contributed by atoms with Gasteiger partial charge in [-0.25, -0.2) is 9.98 Å². The molecule has 180 valence electrons. The number of ether oxygens (including phenoxy) is 1. The summed E-state index contributed by atoms with van der Waals surface area (Å²) in [5, 5.41) is 15.1. The first-order valence-electron chi connectivity index (χ1n) is 10.9. The number of halogens is 1. The molecule has 3 rings (SSSR count). The van der Waals surface area contributed by atoms with Crippen molar-refractivity contribution in [3.8, 4) is 5.75 Å². The van der Waals surface area contributed by atoms with Crippen LogP contribution in [0.15, 0.2) is 52.2 Å². The van der Waals surface area contributed by atoms with Crippen LogP contribution in [0.3, 0.4) is 0 Å². The lowest BCUT2D eigenvalue weighted by atomic mass is 10.2. The number of H-pyrrole nitrogens is 2. The van der Waals surface area contributed by atoms with Crippen molar-refractivity contribution in [1.82, 2.24) is 25.4 Å². The van der Waals surface area contributed by atoms with Gasteiger partial charge in [0.15, 0.2) is 12.5 Å². The number of nitrogens with one attached hydrogen (secondary N) is 4. The van der Waals surface area contributed by atoms with Crippen LogP contribution in [0.5, 0.6) is 5.75 Å². The number of aliphatic imine (C=N–C) groups is 2. The van der Waals surface area contributed by atoms with Crippen molar-refractivity contribution in [2.24, 2.45) is 9.98 Å². The summed E-state index contributed by atoms with van der Waals surface area (Å²) in [7, 11) is 4.02. The molecule has 10 heteroatoms. The first-order valence-corrected chi connectivity index (χ1v) is 11.2. The monoisotopic (exact) mass is 482 g/mol. The molecule has 0 saturated heterocycles. The zero-order valence-electron chi connectivity index (χ0n) is 19.9. The number of allylic oxidation sites excluding steroid dienone is 1. The van der Waals surface area contributed by atoms with E-state index in [1.807, 2.05) is 64.4 Å². The average Bonchev–Trinajstić information content (AvgIpc) is 3.40. The number of aryl methyl sites for hydroxylation is 1. The maximum Gasteiger partial charge on any atom is 0.181 e. The van der Waals surface area contributed by atoms with E-state index >= 15 is 0 Å². The fraction of sp³-hybridized carbons (Fsp3) is 0.292. The van der Waals surface area contributed by atoms with Gasteiger partial charge in [-0.1, -0.05) is 17.7 Å². The fourth-order valence-electron chi connectivity index (χ4n) is 3.18. The molecular formula is C24H31ClN8O. The smallest absolute Gasteiger partial charge is 0.181 e. The quantitative estimate of drug-likeness (QED) is 0.239. The molecule has 34 heavy (non-hydrogen) atoms. The number of aromatic nitrogens is 3. The summed E-state index contributed by atoms with van der Waals surface area (Å²) in [6.45, 7) is 9.19. The van der Waals surface area contributed by atoms with Crippen LogP contribution in [-0.2, 0) is 0 Å². The average molecular weight is 483 g/mol. The van der Waals surface area contributed by atoms with Crippen molar-refractivity contribution in [3.05, 3.63) is 58.6 Å². The lowest BCUT2D eigenvalue weighted by Crippen LogP contribution is -2.31. The summed E-state index contributed by atoms with van der Waals surface area (Å²) < 4.78 is 5.87. The summed E-state index contributed by atoms with van der Waals surface area (Å²) in [6.07, 6.45) is 5.62. The summed E-state index contributed by atoms with van der Waals surface area (Å²) in [4.78, 5) is 14.0. The van der Waals surface area contributed by atoms with Crippen LogP contribution >= 0.6 is 11.6 Å². The second-order valence-corrected chi connectivity index (χ2v) is 8.24. The molecule has 3 aromatic rings. The van der Waals surface area contributed by atoms with E-state index in [2.05, 4.69) is 47.4 Å². The van der Waals surface area contributed by atoms with Crippen molar-refractivity contribution in [2.75, 3.05) is 39.2 Å². The zero-order valence-corrected chi connectivity index (χ0v) is 20.7. The maximum absolute atomic E-state index is 6.54. The lowest BCUT2D eigenvalue weighted by Gasteiger charge is -2.13. The van der Waals surface area contributed by atoms with Crippen LogP contribution in [0.1, 0.15) is 18.3 Å². The molecule has 0 spiro atoms. The minimum Gasteiger partial charge on any atom is -0.470 e. The Morgan fingerprint density at radius 3 is 2.88 bits per heavy atom. The van der Waals surface area contributed by atoms with Gasteiger partial charge in [-0.3, -0.25) is 5.10 Å². The molecule has 9 nitrogen and oxygen atoms in total. The first-order chi connectivity index (χ1) is 16.4. The standard InChI is InChI=1S/C24H31ClN8O/c1-6-7-17-13-23(32-31-17)30-21(26-3)14-22(27-10-11-33(4)5)28-15-34-20-9-8-19-18(24(20)25)12-16(2)29-19/h6-9,12-14,29H,3,10-11,15H2,1-2,4-5H3,(H,27,28)(H2,30,31,32)/b7-6+,21-14+. The molecule has 0 saturated carbocycles. The molecule has 0 bridgehead atoms. The number of amidine groups is 1. The SMILES string of the molecule is C=N/C(=C\C(=N/COc1ccc2[nH]c(C)cc2c1Cl)NCCN(C)C)Nc1cc(/C=C/C)[nH]n1. The predicted molar refractivity (Wildman–Crippen MR) is 142 cm³/mol. The van der Waals surface area contributed by atoms with E-state index in [4.69, 9.17) is 16.3 Å². The number of benzene rings is 1. The Morgan fingerprint density at radius 1 is 1.32 bits per heavy atom. The van der Waals surface area contributed by atoms with Gasteiger partial charge < -0.3 is 25.3 Å². The first kappa shape index (κ1) is 25.1. The van der Waals surface area contributed by atoms with Crippen LogP contribution in [-0.4, -0.2) is 66.6 Å². The van der Waals surface area contributed by atoms with E-state index < -0.39 is 0 Å². The molecule has 0 amide bonds. The molecule has 0 aliphatic heterocycles. The predicted octanol–water partition coefficient (Wildman–Crippen LogP) is 4.43. The largest absolute Gasteiger partial charge is 0.470 e. The highest BCUT2D eigenvalue weighted by atomic mass is 35.5. The molecule has 0 unspecified atom stereocenters. The van der Waals surface area contributed by atoms with Gasteiger partial charge in [0.25, 0.3) is 0 Å². The third-order valence-electron chi connectivity index (χ3n) is 4.80. The van der Waals surface area contributed by atoms with E-state index in [0.717, 1.165) is 28.8 Å². The van der Waals surface area contributed by atoms with E-state index in [1.165, 1.54) is 0 Å². The van der Waals surface area contributed by atoms with Crippen molar-refractivity contribution in [3.63, 3.8) is 0 Å². The molecule has 4 N–H and O–H groups in total. The Kier molecular flexibility index (Phi) is 8.89. The van der Waals surface area contributed by atoms with Gasteiger partial charge in [-0.2, -0.15) is 5.10 Å². The van der Waals surface area contributed by atoms with Gasteiger partial charge in [0, 0.05) is 41.8 Å². The number of nitrogens with zero attached hydrogens (tertiary/aromatic N) is 4. The number of hydrogen-bond donors (Lipinski definition) is 4. The van der Waals surface area contributed by atoms with Gasteiger partial charge in [-0.05, 0) is 58.9 Å². The van der Waals surface area contributed by atoms with Gasteiger partial charge in [0.1, 0.15) is 17.4 Å². The molecule has 0 radical (unpaired) electrons. The highest BCUT2D eigenvalue weighted by molar-refractivity contribution is 6.37. The summed E-state index contributed by atoms with van der Waals surface area (Å²) in [5.41, 5.74) is 2.89. The van der Waals surface area contributed by atoms with E-state index in [1.54, 1.807) is 6.08 Å². The van der Waals surface area contributed by atoms with Gasteiger partial charge >= 0.3 is 0 Å². The Morgan fingerprint density at radius 2 is 2.15 bits per heavy atom. The van der Waals surface area contributed by atoms with Crippen molar-refractivity contribution in [2.45, 2.75) is 13.8 Å². The van der Waals surface area contributed by atoms with Crippen LogP contribution in [0.25, 0.3) is 17.0 Å². The number of anilines is 1. The van der Waals surface area contributed by atoms with Crippen LogP contribution in [0, 0.1) is 6.92 Å². The zero-order chi connectivity index (χ0) is 24.5. The van der Waals surface area contributed by atoms with Gasteiger partial charge in [0.05, 0.1) is 10.7 Å². The Labute approximate surface area is 204 Å². The molecule has 0 aliphatic rings. The van der Waals surface area contributed by atoms with Gasteiger partial charge in [0.2, 0.25) is 0 Å². The van der Waals surface area contributed by atoms with Gasteiger partial charge in [-0.15, -0.1) is 0 Å².